The predicted octanol–water partition coefficient (Wildman–Crippen LogP) is 17.1. The van der Waals surface area contributed by atoms with Crippen LogP contribution in [0.4, 0.5) is 17.1 Å². The highest BCUT2D eigenvalue weighted by Crippen LogP contribution is 2.54. The van der Waals surface area contributed by atoms with E-state index in [2.05, 4.69) is 255 Å². The van der Waals surface area contributed by atoms with Crippen molar-refractivity contribution in [1.29, 1.82) is 0 Å². The molecule has 0 bridgehead atoms. The van der Waals surface area contributed by atoms with E-state index in [1.807, 2.05) is 0 Å². The van der Waals surface area contributed by atoms with Crippen molar-refractivity contribution in [2.24, 2.45) is 0 Å². The zero-order valence-corrected chi connectivity index (χ0v) is 35.4. The fourth-order valence-electron chi connectivity index (χ4n) is 9.83. The molecule has 9 aromatic rings. The largest absolute Gasteiger partial charge is 0.310 e. The van der Waals surface area contributed by atoms with Gasteiger partial charge in [-0.2, -0.15) is 0 Å². The Bertz CT molecular complexity index is 2940. The van der Waals surface area contributed by atoms with Gasteiger partial charge < -0.3 is 4.90 Å². The van der Waals surface area contributed by atoms with Gasteiger partial charge in [0.2, 0.25) is 0 Å². The summed E-state index contributed by atoms with van der Waals surface area (Å²) in [4.78, 5) is 2.38. The first-order valence-corrected chi connectivity index (χ1v) is 22.0. The molecule has 0 radical (unpaired) electrons. The smallest absolute Gasteiger partial charge is 0.0465 e. The van der Waals surface area contributed by atoms with E-state index in [0.29, 0.717) is 0 Å². The Hall–Kier alpha value is -7.48. The van der Waals surface area contributed by atoms with E-state index in [4.69, 9.17) is 0 Å². The molecule has 1 aliphatic carbocycles. The molecular weight excluding hydrogens is 747 g/mol. The molecule has 0 atom stereocenters. The van der Waals surface area contributed by atoms with Crippen molar-refractivity contribution in [3.63, 3.8) is 0 Å². The minimum Gasteiger partial charge on any atom is -0.310 e. The Morgan fingerprint density at radius 2 is 0.726 bits per heavy atom. The Balaban J connectivity index is 0.990. The first-order valence-electron chi connectivity index (χ1n) is 22.0. The lowest BCUT2D eigenvalue weighted by atomic mass is 9.73. The number of benzene rings is 9. The summed E-state index contributed by atoms with van der Waals surface area (Å²) in [6, 6.07) is 81.8. The number of hydrogen-bond donors (Lipinski definition) is 0. The molecular formula is C61H49N. The number of anilines is 3. The summed E-state index contributed by atoms with van der Waals surface area (Å²) in [6.07, 6.45) is 6.60. The molecule has 1 nitrogen and oxygen atoms in total. The molecule has 0 aliphatic heterocycles. The molecule has 0 saturated carbocycles. The normalized spacial score (nSPS) is 12.5. The number of rotatable bonds is 11. The van der Waals surface area contributed by atoms with Gasteiger partial charge in [-0.3, -0.25) is 0 Å². The van der Waals surface area contributed by atoms with Gasteiger partial charge in [0.15, 0.2) is 0 Å². The molecule has 0 heterocycles. The van der Waals surface area contributed by atoms with Gasteiger partial charge in [0.05, 0.1) is 0 Å². The van der Waals surface area contributed by atoms with Crippen LogP contribution < -0.4 is 4.90 Å². The average molecular weight is 796 g/mol. The zero-order chi connectivity index (χ0) is 41.9. The summed E-state index contributed by atoms with van der Waals surface area (Å²) in [5.41, 5.74) is 21.1. The Labute approximate surface area is 367 Å². The molecule has 298 valence electrons. The van der Waals surface area contributed by atoms with Gasteiger partial charge in [0.25, 0.3) is 0 Å². The minimum absolute atomic E-state index is 0.0731. The van der Waals surface area contributed by atoms with E-state index < -0.39 is 0 Å². The van der Waals surface area contributed by atoms with Crippen LogP contribution in [-0.2, 0) is 5.41 Å². The van der Waals surface area contributed by atoms with Crippen LogP contribution in [0.1, 0.15) is 48.9 Å². The van der Waals surface area contributed by atoms with Gasteiger partial charge in [0, 0.05) is 22.5 Å². The summed E-state index contributed by atoms with van der Waals surface area (Å²) >= 11 is 0. The number of para-hydroxylation sites is 2. The third-order valence-electron chi connectivity index (χ3n) is 13.0. The quantitative estimate of drug-likeness (QED) is 0.118. The number of nitrogens with zero attached hydrogens (tertiary/aromatic N) is 1. The number of fused-ring (bicyclic) bond motifs is 3. The van der Waals surface area contributed by atoms with Gasteiger partial charge in [-0.1, -0.05) is 214 Å². The molecule has 62 heavy (non-hydrogen) atoms. The molecule has 0 fully saturated rings. The van der Waals surface area contributed by atoms with Crippen LogP contribution in [0, 0.1) is 0 Å². The van der Waals surface area contributed by atoms with Crippen LogP contribution in [0.2, 0.25) is 0 Å². The van der Waals surface area contributed by atoms with Crippen LogP contribution in [0.3, 0.4) is 0 Å². The SMILES string of the molecule is CCC1(CC)c2cc(/C=C/c3ccc(-c4ccc(-c5ccccc5)c(-c5ccccc5)c4-c4ccccc4)cc3)ccc2-c2ccc(N(c3ccccc3)c3ccccc3)cc21. The molecule has 0 N–H and O–H groups in total. The maximum atomic E-state index is 2.46. The van der Waals surface area contributed by atoms with Gasteiger partial charge in [-0.25, -0.2) is 0 Å². The summed E-state index contributed by atoms with van der Waals surface area (Å²) in [6.45, 7) is 4.71. The lowest BCUT2D eigenvalue weighted by Gasteiger charge is -2.32. The molecule has 0 amide bonds. The Morgan fingerprint density at radius 1 is 0.339 bits per heavy atom. The van der Waals surface area contributed by atoms with Gasteiger partial charge in [0.1, 0.15) is 0 Å². The van der Waals surface area contributed by atoms with Gasteiger partial charge in [-0.15, -0.1) is 0 Å². The summed E-state index contributed by atoms with van der Waals surface area (Å²) in [5.74, 6) is 0. The highest BCUT2D eigenvalue weighted by atomic mass is 15.1. The van der Waals surface area contributed by atoms with E-state index in [1.54, 1.807) is 0 Å². The van der Waals surface area contributed by atoms with E-state index in [0.717, 1.165) is 24.2 Å². The third-order valence-corrected chi connectivity index (χ3v) is 13.0. The average Bonchev–Trinajstić information content (AvgIpc) is 3.63. The second-order valence-corrected chi connectivity index (χ2v) is 16.3. The van der Waals surface area contributed by atoms with Crippen molar-refractivity contribution in [2.45, 2.75) is 32.1 Å². The summed E-state index contributed by atoms with van der Waals surface area (Å²) in [5, 5.41) is 0. The van der Waals surface area contributed by atoms with E-state index in [-0.39, 0.29) is 5.41 Å². The fourth-order valence-corrected chi connectivity index (χ4v) is 9.83. The topological polar surface area (TPSA) is 3.24 Å². The summed E-state index contributed by atoms with van der Waals surface area (Å²) < 4.78 is 0. The molecule has 0 spiro atoms. The van der Waals surface area contributed by atoms with E-state index >= 15 is 0 Å². The Kier molecular flexibility index (Phi) is 10.5. The van der Waals surface area contributed by atoms with Crippen molar-refractivity contribution in [2.75, 3.05) is 4.90 Å². The second kappa shape index (κ2) is 16.9. The van der Waals surface area contributed by atoms with Crippen molar-refractivity contribution in [3.8, 4) is 55.6 Å². The highest BCUT2D eigenvalue weighted by Gasteiger charge is 2.41. The molecule has 0 unspecified atom stereocenters. The first-order chi connectivity index (χ1) is 30.6. The highest BCUT2D eigenvalue weighted by molar-refractivity contribution is 6.01. The van der Waals surface area contributed by atoms with Gasteiger partial charge in [-0.05, 0) is 127 Å². The molecule has 0 saturated heterocycles. The van der Waals surface area contributed by atoms with Crippen molar-refractivity contribution < 1.29 is 0 Å². The molecule has 1 aliphatic rings. The first kappa shape index (κ1) is 38.7. The lowest BCUT2D eigenvalue weighted by molar-refractivity contribution is 0.490. The maximum absolute atomic E-state index is 2.46. The molecule has 0 aromatic heterocycles. The minimum atomic E-state index is -0.0731. The van der Waals surface area contributed by atoms with Crippen LogP contribution in [0.25, 0.3) is 67.8 Å². The fraction of sp³-hybridized carbons (Fsp3) is 0.0820. The van der Waals surface area contributed by atoms with Crippen LogP contribution in [-0.4, -0.2) is 0 Å². The van der Waals surface area contributed by atoms with Crippen molar-refractivity contribution in [3.05, 3.63) is 247 Å². The maximum Gasteiger partial charge on any atom is 0.0465 e. The van der Waals surface area contributed by atoms with Crippen molar-refractivity contribution >= 4 is 29.2 Å². The third kappa shape index (κ3) is 7.06. The van der Waals surface area contributed by atoms with Crippen LogP contribution in [0.5, 0.6) is 0 Å². The van der Waals surface area contributed by atoms with Crippen LogP contribution in [0.15, 0.2) is 224 Å². The second-order valence-electron chi connectivity index (χ2n) is 16.3. The Morgan fingerprint density at radius 3 is 1.23 bits per heavy atom. The van der Waals surface area contributed by atoms with Crippen molar-refractivity contribution in [1.82, 2.24) is 0 Å². The molecule has 1 heteroatoms. The number of hydrogen-bond acceptors (Lipinski definition) is 1. The van der Waals surface area contributed by atoms with Crippen LogP contribution >= 0.6 is 0 Å². The predicted molar refractivity (Wildman–Crippen MR) is 265 cm³/mol. The zero-order valence-electron chi connectivity index (χ0n) is 35.4. The van der Waals surface area contributed by atoms with E-state index in [9.17, 15) is 0 Å². The molecule has 10 rings (SSSR count). The standard InChI is InChI=1S/C61H49N/c1-3-61(4-2)57-42-45(34-38-55(57)56-39-37-52(43-58(56)61)62(50-26-16-8-17-27-50)51-28-18-9-19-29-51)31-30-44-32-35-47(36-33-44)54-41-40-53(46-20-10-5-11-21-46)59(48-22-12-6-13-23-48)60(54)49-24-14-7-15-25-49/h5-43H,3-4H2,1-2H3/b31-30+. The lowest BCUT2D eigenvalue weighted by Crippen LogP contribution is -2.23. The summed E-state index contributed by atoms with van der Waals surface area (Å²) in [7, 11) is 0. The van der Waals surface area contributed by atoms with E-state index in [1.165, 1.54) is 83.6 Å². The van der Waals surface area contributed by atoms with Gasteiger partial charge >= 0.3 is 0 Å². The monoisotopic (exact) mass is 795 g/mol. The molecule has 9 aromatic carbocycles.